The smallest absolute Gasteiger partial charge is 0.319 e. The zero-order chi connectivity index (χ0) is 17.3. The molecule has 7 nitrogen and oxygen atoms in total. The Morgan fingerprint density at radius 3 is 2.62 bits per heavy atom. The maximum atomic E-state index is 12.2. The topological polar surface area (TPSA) is 76.8 Å². The molecule has 0 saturated heterocycles. The Labute approximate surface area is 140 Å². The number of urea groups is 1. The fourth-order valence-electron chi connectivity index (χ4n) is 2.64. The molecule has 3 aromatic rings. The summed E-state index contributed by atoms with van der Waals surface area (Å²) >= 11 is 0. The van der Waals surface area contributed by atoms with E-state index in [1.807, 2.05) is 49.2 Å². The molecule has 0 unspecified atom stereocenters. The molecule has 0 spiro atoms. The monoisotopic (exact) mass is 326 g/mol. The maximum Gasteiger partial charge on any atom is 0.319 e. The Morgan fingerprint density at radius 2 is 1.96 bits per heavy atom. The summed E-state index contributed by atoms with van der Waals surface area (Å²) in [7, 11) is 1.85. The second-order valence-corrected chi connectivity index (χ2v) is 6.22. The third-order valence-corrected chi connectivity index (χ3v) is 3.92. The molecule has 2 N–H and O–H groups in total. The van der Waals surface area contributed by atoms with Gasteiger partial charge in [0.2, 0.25) is 0 Å². The van der Waals surface area contributed by atoms with E-state index in [9.17, 15) is 4.79 Å². The number of hydrogen-bond donors (Lipinski definition) is 2. The summed E-state index contributed by atoms with van der Waals surface area (Å²) in [5.41, 5.74) is 2.70. The van der Waals surface area contributed by atoms with Crippen LogP contribution in [0.1, 0.15) is 38.4 Å². The standard InChI is InChI=1S/C17H22N6O/c1-11(2)23-16-7-15(6-5-13(16)8-19-23)21-17(24)20-12(3)14-9-18-22(4)10-14/h5-12H,1-4H3,(H2,20,21,24)/t12-/m1/s1. The van der Waals surface area contributed by atoms with Crippen LogP contribution < -0.4 is 10.6 Å². The van der Waals surface area contributed by atoms with Crippen LogP contribution in [0.3, 0.4) is 0 Å². The number of rotatable bonds is 4. The van der Waals surface area contributed by atoms with E-state index in [1.165, 1.54) is 0 Å². The van der Waals surface area contributed by atoms with Crippen molar-refractivity contribution in [1.82, 2.24) is 24.9 Å². The maximum absolute atomic E-state index is 12.2. The third kappa shape index (κ3) is 3.24. The fraction of sp³-hybridized carbons (Fsp3) is 0.353. The van der Waals surface area contributed by atoms with E-state index >= 15 is 0 Å². The number of hydrogen-bond acceptors (Lipinski definition) is 3. The number of benzene rings is 1. The van der Waals surface area contributed by atoms with E-state index in [-0.39, 0.29) is 18.1 Å². The van der Waals surface area contributed by atoms with Crippen LogP contribution in [-0.4, -0.2) is 25.6 Å². The van der Waals surface area contributed by atoms with Crippen LogP contribution in [0, 0.1) is 0 Å². The van der Waals surface area contributed by atoms with Crippen LogP contribution >= 0.6 is 0 Å². The van der Waals surface area contributed by atoms with Gasteiger partial charge in [-0.3, -0.25) is 9.36 Å². The number of fused-ring (bicyclic) bond motifs is 1. The molecule has 0 radical (unpaired) electrons. The summed E-state index contributed by atoms with van der Waals surface area (Å²) in [5, 5.41) is 15.3. The summed E-state index contributed by atoms with van der Waals surface area (Å²) in [6, 6.07) is 5.67. The molecule has 126 valence electrons. The Bertz CT molecular complexity index is 863. The predicted octanol–water partition coefficient (Wildman–Crippen LogP) is 3.23. The first-order valence-electron chi connectivity index (χ1n) is 7.97. The minimum absolute atomic E-state index is 0.122. The van der Waals surface area contributed by atoms with Gasteiger partial charge in [0.1, 0.15) is 0 Å². The molecule has 0 aliphatic rings. The number of amides is 2. The summed E-state index contributed by atoms with van der Waals surface area (Å²) < 4.78 is 3.66. The van der Waals surface area contributed by atoms with Gasteiger partial charge in [0.25, 0.3) is 0 Å². The molecular weight excluding hydrogens is 304 g/mol. The molecule has 1 atom stereocenters. The van der Waals surface area contributed by atoms with Crippen LogP contribution in [0.25, 0.3) is 10.9 Å². The van der Waals surface area contributed by atoms with E-state index in [4.69, 9.17) is 0 Å². The molecular formula is C17H22N6O. The minimum atomic E-state index is -0.249. The highest BCUT2D eigenvalue weighted by Crippen LogP contribution is 2.22. The fourth-order valence-corrected chi connectivity index (χ4v) is 2.64. The number of carbonyl (C=O) groups is 1. The molecule has 0 bridgehead atoms. The van der Waals surface area contributed by atoms with Gasteiger partial charge in [-0.1, -0.05) is 0 Å². The molecule has 0 aliphatic heterocycles. The van der Waals surface area contributed by atoms with E-state index in [0.717, 1.165) is 22.2 Å². The normalized spacial score (nSPS) is 12.5. The molecule has 0 saturated carbocycles. The first-order chi connectivity index (χ1) is 11.4. The number of anilines is 1. The van der Waals surface area contributed by atoms with Crippen molar-refractivity contribution < 1.29 is 4.79 Å². The zero-order valence-corrected chi connectivity index (χ0v) is 14.3. The second kappa shape index (κ2) is 6.35. The highest BCUT2D eigenvalue weighted by atomic mass is 16.2. The van der Waals surface area contributed by atoms with Crippen LogP contribution in [-0.2, 0) is 7.05 Å². The second-order valence-electron chi connectivity index (χ2n) is 6.22. The van der Waals surface area contributed by atoms with Gasteiger partial charge in [-0.2, -0.15) is 10.2 Å². The van der Waals surface area contributed by atoms with Gasteiger partial charge in [-0.15, -0.1) is 0 Å². The van der Waals surface area contributed by atoms with Crippen molar-refractivity contribution in [3.05, 3.63) is 42.4 Å². The number of nitrogens with zero attached hydrogens (tertiary/aromatic N) is 4. The molecule has 2 amide bonds. The van der Waals surface area contributed by atoms with Crippen LogP contribution in [0.15, 0.2) is 36.8 Å². The Kier molecular flexibility index (Phi) is 4.24. The predicted molar refractivity (Wildman–Crippen MR) is 93.9 cm³/mol. The quantitative estimate of drug-likeness (QED) is 0.773. The van der Waals surface area contributed by atoms with Crippen LogP contribution in [0.5, 0.6) is 0 Å². The third-order valence-electron chi connectivity index (χ3n) is 3.92. The van der Waals surface area contributed by atoms with Gasteiger partial charge in [0.15, 0.2) is 0 Å². The van der Waals surface area contributed by atoms with Crippen molar-refractivity contribution >= 4 is 22.6 Å². The van der Waals surface area contributed by atoms with E-state index in [2.05, 4.69) is 34.7 Å². The van der Waals surface area contributed by atoms with Gasteiger partial charge in [-0.25, -0.2) is 4.79 Å². The number of carbonyl (C=O) groups excluding carboxylic acids is 1. The molecule has 0 fully saturated rings. The van der Waals surface area contributed by atoms with Crippen molar-refractivity contribution in [1.29, 1.82) is 0 Å². The lowest BCUT2D eigenvalue weighted by Crippen LogP contribution is -2.31. The molecule has 2 aromatic heterocycles. The van der Waals surface area contributed by atoms with E-state index < -0.39 is 0 Å². The Hall–Kier alpha value is -2.83. The first-order valence-corrected chi connectivity index (χ1v) is 7.97. The van der Waals surface area contributed by atoms with Crippen molar-refractivity contribution in [3.8, 4) is 0 Å². The lowest BCUT2D eigenvalue weighted by molar-refractivity contribution is 0.249. The average molecular weight is 326 g/mol. The SMILES string of the molecule is CC(C)n1ncc2ccc(NC(=O)N[C@H](C)c3cnn(C)c3)cc21. The molecule has 2 heterocycles. The lowest BCUT2D eigenvalue weighted by atomic mass is 10.2. The molecule has 24 heavy (non-hydrogen) atoms. The summed E-state index contributed by atoms with van der Waals surface area (Å²) in [5.74, 6) is 0. The van der Waals surface area contributed by atoms with Gasteiger partial charge >= 0.3 is 6.03 Å². The lowest BCUT2D eigenvalue weighted by Gasteiger charge is -2.14. The van der Waals surface area contributed by atoms with Crippen LogP contribution in [0.4, 0.5) is 10.5 Å². The minimum Gasteiger partial charge on any atom is -0.331 e. The van der Waals surface area contributed by atoms with Crippen LogP contribution in [0.2, 0.25) is 0 Å². The van der Waals surface area contributed by atoms with Gasteiger partial charge in [0, 0.05) is 35.9 Å². The molecule has 0 aliphatic carbocycles. The largest absolute Gasteiger partial charge is 0.331 e. The highest BCUT2D eigenvalue weighted by Gasteiger charge is 2.12. The molecule has 3 rings (SSSR count). The Morgan fingerprint density at radius 1 is 1.17 bits per heavy atom. The molecule has 7 heteroatoms. The zero-order valence-electron chi connectivity index (χ0n) is 14.3. The molecule has 1 aromatic carbocycles. The van der Waals surface area contributed by atoms with Crippen molar-refractivity contribution in [2.24, 2.45) is 7.05 Å². The number of aryl methyl sites for hydroxylation is 1. The average Bonchev–Trinajstić information content (AvgIpc) is 3.12. The summed E-state index contributed by atoms with van der Waals surface area (Å²) in [6.07, 6.45) is 5.47. The van der Waals surface area contributed by atoms with Crippen molar-refractivity contribution in [2.75, 3.05) is 5.32 Å². The van der Waals surface area contributed by atoms with E-state index in [0.29, 0.717) is 0 Å². The summed E-state index contributed by atoms with van der Waals surface area (Å²) in [6.45, 7) is 6.08. The van der Waals surface area contributed by atoms with Gasteiger partial charge in [0.05, 0.1) is 24.0 Å². The van der Waals surface area contributed by atoms with Crippen molar-refractivity contribution in [2.45, 2.75) is 32.9 Å². The van der Waals surface area contributed by atoms with Crippen molar-refractivity contribution in [3.63, 3.8) is 0 Å². The number of aromatic nitrogens is 4. The highest BCUT2D eigenvalue weighted by molar-refractivity contribution is 5.92. The van der Waals surface area contributed by atoms with Gasteiger partial charge in [-0.05, 0) is 39.0 Å². The number of nitrogens with one attached hydrogen (secondary N) is 2. The van der Waals surface area contributed by atoms with E-state index in [1.54, 1.807) is 10.9 Å². The first kappa shape index (κ1) is 16.0. The summed E-state index contributed by atoms with van der Waals surface area (Å²) in [4.78, 5) is 12.2. The van der Waals surface area contributed by atoms with Gasteiger partial charge < -0.3 is 10.6 Å². The Balaban J connectivity index is 1.72.